The summed E-state index contributed by atoms with van der Waals surface area (Å²) in [5.74, 6) is -0.276. The molecule has 4 rings (SSSR count). The number of aryl methyl sites for hydroxylation is 2. The maximum absolute atomic E-state index is 12.8. The summed E-state index contributed by atoms with van der Waals surface area (Å²) in [5, 5.41) is 2.80. The number of para-hydroxylation sites is 2. The maximum Gasteiger partial charge on any atom is 0.329 e. The van der Waals surface area contributed by atoms with Crippen molar-refractivity contribution in [1.29, 1.82) is 0 Å². The molecule has 0 aliphatic heterocycles. The van der Waals surface area contributed by atoms with Crippen molar-refractivity contribution in [2.75, 3.05) is 5.32 Å². The van der Waals surface area contributed by atoms with Crippen LogP contribution in [0.5, 0.6) is 5.75 Å². The van der Waals surface area contributed by atoms with Crippen molar-refractivity contribution in [2.24, 2.45) is 0 Å². The van der Waals surface area contributed by atoms with E-state index in [2.05, 4.69) is 5.32 Å². The fraction of sp³-hybridized carbons (Fsp3) is 0.192. The van der Waals surface area contributed by atoms with E-state index < -0.39 is 5.97 Å². The van der Waals surface area contributed by atoms with Crippen molar-refractivity contribution < 1.29 is 14.3 Å². The van der Waals surface area contributed by atoms with Gasteiger partial charge in [-0.3, -0.25) is 18.7 Å². The molecule has 7 nitrogen and oxygen atoms in total. The number of fused-ring (bicyclic) bond motifs is 1. The van der Waals surface area contributed by atoms with Gasteiger partial charge in [-0.25, -0.2) is 4.79 Å². The van der Waals surface area contributed by atoms with Crippen LogP contribution in [0.3, 0.4) is 0 Å². The number of carbonyl (C=O) groups is 2. The minimum Gasteiger partial charge on any atom is -0.426 e. The molecular formula is C26H25N3O4. The zero-order chi connectivity index (χ0) is 23.2. The van der Waals surface area contributed by atoms with E-state index in [0.29, 0.717) is 23.5 Å². The highest BCUT2D eigenvalue weighted by Crippen LogP contribution is 2.18. The third-order valence-electron chi connectivity index (χ3n) is 5.29. The number of nitrogens with zero attached hydrogens (tertiary/aromatic N) is 2. The normalized spacial score (nSPS) is 10.8. The Morgan fingerprint density at radius 1 is 0.818 bits per heavy atom. The monoisotopic (exact) mass is 443 g/mol. The summed E-state index contributed by atoms with van der Waals surface area (Å²) in [7, 11) is 0. The lowest BCUT2D eigenvalue weighted by atomic mass is 10.2. The van der Waals surface area contributed by atoms with Crippen LogP contribution in [0.1, 0.15) is 30.1 Å². The summed E-state index contributed by atoms with van der Waals surface area (Å²) in [6.45, 7) is 2.89. The molecule has 0 saturated carbocycles. The third-order valence-corrected chi connectivity index (χ3v) is 5.29. The minimum absolute atomic E-state index is 0.0620. The number of esters is 1. The molecule has 1 N–H and O–H groups in total. The van der Waals surface area contributed by atoms with Gasteiger partial charge in [0, 0.05) is 24.3 Å². The second kappa shape index (κ2) is 9.99. The van der Waals surface area contributed by atoms with E-state index in [1.165, 1.54) is 0 Å². The van der Waals surface area contributed by atoms with E-state index in [1.54, 1.807) is 57.7 Å². The van der Waals surface area contributed by atoms with Crippen LogP contribution in [0.15, 0.2) is 83.7 Å². The zero-order valence-electron chi connectivity index (χ0n) is 18.4. The number of rotatable bonds is 8. The molecule has 0 aliphatic rings. The average Bonchev–Trinajstić information content (AvgIpc) is 3.10. The first-order valence-corrected chi connectivity index (χ1v) is 10.9. The molecule has 1 amide bonds. The van der Waals surface area contributed by atoms with Crippen molar-refractivity contribution in [3.8, 4) is 5.75 Å². The maximum atomic E-state index is 12.8. The van der Waals surface area contributed by atoms with Gasteiger partial charge in [0.2, 0.25) is 0 Å². The van der Waals surface area contributed by atoms with Gasteiger partial charge in [-0.1, -0.05) is 37.3 Å². The van der Waals surface area contributed by atoms with Gasteiger partial charge in [0.15, 0.2) is 0 Å². The Balaban J connectivity index is 1.37. The summed E-state index contributed by atoms with van der Waals surface area (Å²) in [5.41, 5.74) is 2.71. The Kier molecular flexibility index (Phi) is 6.69. The average molecular weight is 444 g/mol. The number of nitrogens with one attached hydrogen (secondary N) is 1. The number of carbonyl (C=O) groups excluding carboxylic acids is 2. The second-order valence-corrected chi connectivity index (χ2v) is 7.64. The standard InChI is InChI=1S/C26H25N3O4/c1-2-17-28-22-10-6-7-11-23(22)29(26(28)32)18-16-24(30)33-21-14-12-20(13-15-21)27-25(31)19-8-4-3-5-9-19/h3-15H,2,16-18H2,1H3,(H,27,31). The molecule has 0 saturated heterocycles. The van der Waals surface area contributed by atoms with E-state index in [0.717, 1.165) is 17.5 Å². The van der Waals surface area contributed by atoms with Crippen LogP contribution in [0.25, 0.3) is 11.0 Å². The molecule has 33 heavy (non-hydrogen) atoms. The summed E-state index contributed by atoms with van der Waals surface area (Å²) in [4.78, 5) is 37.4. The molecule has 7 heteroatoms. The Bertz CT molecular complexity index is 1320. The Morgan fingerprint density at radius 3 is 2.06 bits per heavy atom. The molecule has 168 valence electrons. The van der Waals surface area contributed by atoms with Crippen molar-refractivity contribution in [1.82, 2.24) is 9.13 Å². The minimum atomic E-state index is -0.435. The van der Waals surface area contributed by atoms with Crippen LogP contribution in [0, 0.1) is 0 Å². The van der Waals surface area contributed by atoms with E-state index >= 15 is 0 Å². The smallest absolute Gasteiger partial charge is 0.329 e. The van der Waals surface area contributed by atoms with Crippen LogP contribution in [0.4, 0.5) is 5.69 Å². The van der Waals surface area contributed by atoms with Gasteiger partial charge in [0.25, 0.3) is 5.91 Å². The fourth-order valence-corrected chi connectivity index (χ4v) is 3.71. The van der Waals surface area contributed by atoms with Gasteiger partial charge in [-0.15, -0.1) is 0 Å². The molecule has 0 radical (unpaired) electrons. The first-order chi connectivity index (χ1) is 16.1. The molecule has 0 fully saturated rings. The summed E-state index contributed by atoms with van der Waals surface area (Å²) in [6, 6.07) is 23.1. The van der Waals surface area contributed by atoms with Crippen LogP contribution in [-0.4, -0.2) is 21.0 Å². The lowest BCUT2D eigenvalue weighted by molar-refractivity contribution is -0.134. The van der Waals surface area contributed by atoms with Crippen molar-refractivity contribution in [2.45, 2.75) is 32.9 Å². The molecule has 4 aromatic rings. The lowest BCUT2D eigenvalue weighted by Crippen LogP contribution is -2.25. The van der Waals surface area contributed by atoms with Gasteiger partial charge >= 0.3 is 11.7 Å². The predicted molar refractivity (Wildman–Crippen MR) is 128 cm³/mol. The Labute approximate surface area is 191 Å². The number of ether oxygens (including phenoxy) is 1. The Morgan fingerprint density at radius 2 is 1.42 bits per heavy atom. The van der Waals surface area contributed by atoms with Gasteiger partial charge in [-0.2, -0.15) is 0 Å². The van der Waals surface area contributed by atoms with Crippen LogP contribution >= 0.6 is 0 Å². The zero-order valence-corrected chi connectivity index (χ0v) is 18.4. The topological polar surface area (TPSA) is 82.3 Å². The van der Waals surface area contributed by atoms with Crippen LogP contribution < -0.4 is 15.7 Å². The largest absolute Gasteiger partial charge is 0.426 e. The van der Waals surface area contributed by atoms with Crippen molar-refractivity contribution in [3.05, 3.63) is 94.9 Å². The predicted octanol–water partition coefficient (Wildman–Crippen LogP) is 4.46. The number of imidazole rings is 1. The number of hydrogen-bond donors (Lipinski definition) is 1. The quantitative estimate of drug-likeness (QED) is 0.322. The first-order valence-electron chi connectivity index (χ1n) is 10.9. The summed E-state index contributed by atoms with van der Waals surface area (Å²) in [6.07, 6.45) is 0.907. The van der Waals surface area contributed by atoms with Gasteiger partial charge in [-0.05, 0) is 55.0 Å². The van der Waals surface area contributed by atoms with Gasteiger partial charge in [0.05, 0.1) is 17.5 Å². The summed E-state index contributed by atoms with van der Waals surface area (Å²) < 4.78 is 8.77. The number of aromatic nitrogens is 2. The molecular weight excluding hydrogens is 418 g/mol. The van der Waals surface area contributed by atoms with Crippen molar-refractivity contribution in [3.63, 3.8) is 0 Å². The molecule has 0 atom stereocenters. The van der Waals surface area contributed by atoms with Crippen LogP contribution in [-0.2, 0) is 17.9 Å². The van der Waals surface area contributed by atoms with Crippen molar-refractivity contribution >= 4 is 28.6 Å². The van der Waals surface area contributed by atoms with Gasteiger partial charge in [0.1, 0.15) is 5.75 Å². The SMILES string of the molecule is CCCn1c(=O)n(CCC(=O)Oc2ccc(NC(=O)c3ccccc3)cc2)c2ccccc21. The second-order valence-electron chi connectivity index (χ2n) is 7.64. The first kappa shape index (κ1) is 22.1. The number of anilines is 1. The molecule has 1 aromatic heterocycles. The van der Waals surface area contributed by atoms with E-state index in [-0.39, 0.29) is 24.6 Å². The van der Waals surface area contributed by atoms with E-state index in [1.807, 2.05) is 37.3 Å². The molecule has 0 aliphatic carbocycles. The lowest BCUT2D eigenvalue weighted by Gasteiger charge is -2.08. The molecule has 3 aromatic carbocycles. The Hall–Kier alpha value is -4.13. The molecule has 0 spiro atoms. The highest BCUT2D eigenvalue weighted by Gasteiger charge is 2.14. The fourth-order valence-electron chi connectivity index (χ4n) is 3.71. The molecule has 1 heterocycles. The number of benzene rings is 3. The van der Waals surface area contributed by atoms with E-state index in [4.69, 9.17) is 4.74 Å². The third kappa shape index (κ3) is 5.03. The highest BCUT2D eigenvalue weighted by atomic mass is 16.5. The molecule has 0 unspecified atom stereocenters. The number of amides is 1. The van der Waals surface area contributed by atoms with Gasteiger partial charge < -0.3 is 10.1 Å². The van der Waals surface area contributed by atoms with E-state index in [9.17, 15) is 14.4 Å². The van der Waals surface area contributed by atoms with Crippen LogP contribution in [0.2, 0.25) is 0 Å². The summed E-state index contributed by atoms with van der Waals surface area (Å²) >= 11 is 0. The highest BCUT2D eigenvalue weighted by molar-refractivity contribution is 6.04. The number of hydrogen-bond acceptors (Lipinski definition) is 4. The molecule has 0 bridgehead atoms.